The molecule has 5 aliphatic rings. The van der Waals surface area contributed by atoms with Crippen molar-refractivity contribution in [3.8, 4) is 0 Å². The summed E-state index contributed by atoms with van der Waals surface area (Å²) < 4.78 is 30.7. The number of carbonyl (C=O) groups is 2. The average Bonchev–Trinajstić information content (AvgIpc) is 3.43. The van der Waals surface area contributed by atoms with Crippen LogP contribution in [0, 0.1) is 11.8 Å². The number of rotatable bonds is 6. The predicted molar refractivity (Wildman–Crippen MR) is 81.7 cm³/mol. The molecule has 0 aromatic heterocycles. The maximum Gasteiger partial charge on any atom is 0.310 e. The lowest BCUT2D eigenvalue weighted by molar-refractivity contribution is -0.162. The molecule has 1 saturated carbocycles. The molecule has 140 valence electrons. The van der Waals surface area contributed by atoms with Gasteiger partial charge in [0.15, 0.2) is 0 Å². The van der Waals surface area contributed by atoms with E-state index in [0.717, 1.165) is 13.2 Å². The Morgan fingerprint density at radius 1 is 0.840 bits per heavy atom. The molecule has 6 unspecified atom stereocenters. The molecule has 5 rings (SSSR count). The molecule has 25 heavy (non-hydrogen) atoms. The van der Waals surface area contributed by atoms with Crippen LogP contribution >= 0.6 is 0 Å². The zero-order chi connectivity index (χ0) is 17.2. The van der Waals surface area contributed by atoms with Gasteiger partial charge >= 0.3 is 11.9 Å². The van der Waals surface area contributed by atoms with Crippen molar-refractivity contribution in [2.75, 3.05) is 39.6 Å². The third-order valence-electron chi connectivity index (χ3n) is 4.96. The van der Waals surface area contributed by atoms with Crippen LogP contribution in [0.4, 0.5) is 0 Å². The molecule has 0 radical (unpaired) electrons. The maximum absolute atomic E-state index is 12.2. The summed E-state index contributed by atoms with van der Waals surface area (Å²) >= 11 is 0. The predicted octanol–water partition coefficient (Wildman–Crippen LogP) is 0.0707. The Bertz CT molecular complexity index is 453. The van der Waals surface area contributed by atoms with Crippen molar-refractivity contribution in [3.63, 3.8) is 0 Å². The van der Waals surface area contributed by atoms with Crippen molar-refractivity contribution in [2.24, 2.45) is 11.8 Å². The summed E-state index contributed by atoms with van der Waals surface area (Å²) in [5.74, 6) is -1.63. The number of ether oxygens (including phenoxy) is 6. The fourth-order valence-electron chi connectivity index (χ4n) is 2.98. The Balaban J connectivity index is 0.000000347. The van der Waals surface area contributed by atoms with Gasteiger partial charge in [0.2, 0.25) is 0 Å². The summed E-state index contributed by atoms with van der Waals surface area (Å²) in [5, 5.41) is 0. The summed E-state index contributed by atoms with van der Waals surface area (Å²) in [5.41, 5.74) is 0. The summed E-state index contributed by atoms with van der Waals surface area (Å²) in [4.78, 5) is 24.4. The highest BCUT2D eigenvalue weighted by molar-refractivity contribution is 5.82. The van der Waals surface area contributed by atoms with Crippen LogP contribution in [0.5, 0.6) is 0 Å². The normalized spacial score (nSPS) is 39.7. The zero-order valence-corrected chi connectivity index (χ0v) is 14.1. The minimum atomic E-state index is -0.472. The number of epoxide rings is 3. The minimum Gasteiger partial charge on any atom is -0.463 e. The standard InChI is InChI=1S/C14H18O7.C3H6O/c15-13(19-5-7-3-17-7)9-1-11-12(21-11)2-10(9)14(16)20-6-8-4-18-8;1-2-4-3-1/h7-12H,1-6H2;1-3H2. The molecule has 8 heteroatoms. The molecule has 4 aliphatic heterocycles. The summed E-state index contributed by atoms with van der Waals surface area (Å²) in [6, 6.07) is 0. The fraction of sp³-hybridized carbons (Fsp3) is 0.882. The monoisotopic (exact) mass is 356 g/mol. The molecular weight excluding hydrogens is 332 g/mol. The third-order valence-corrected chi connectivity index (χ3v) is 4.96. The van der Waals surface area contributed by atoms with E-state index in [1.165, 1.54) is 6.42 Å². The maximum atomic E-state index is 12.2. The minimum absolute atomic E-state index is 0.0277. The first-order chi connectivity index (χ1) is 12.2. The van der Waals surface area contributed by atoms with Gasteiger partial charge in [-0.3, -0.25) is 9.59 Å². The van der Waals surface area contributed by atoms with Gasteiger partial charge in [0.25, 0.3) is 0 Å². The zero-order valence-electron chi connectivity index (χ0n) is 14.1. The van der Waals surface area contributed by atoms with Gasteiger partial charge in [0, 0.05) is 13.2 Å². The molecule has 6 atom stereocenters. The van der Waals surface area contributed by atoms with E-state index in [4.69, 9.17) is 28.4 Å². The molecule has 4 saturated heterocycles. The van der Waals surface area contributed by atoms with E-state index in [0.29, 0.717) is 26.1 Å². The van der Waals surface area contributed by atoms with E-state index in [-0.39, 0.29) is 49.6 Å². The van der Waals surface area contributed by atoms with E-state index < -0.39 is 11.8 Å². The van der Waals surface area contributed by atoms with Crippen molar-refractivity contribution >= 4 is 11.9 Å². The van der Waals surface area contributed by atoms with Gasteiger partial charge in [0.1, 0.15) is 25.4 Å². The highest BCUT2D eigenvalue weighted by Crippen LogP contribution is 2.44. The lowest BCUT2D eigenvalue weighted by atomic mass is 9.79. The Kier molecular flexibility index (Phi) is 5.21. The van der Waals surface area contributed by atoms with Crippen LogP contribution in [0.3, 0.4) is 0 Å². The molecule has 0 aromatic rings. The Labute approximate surface area is 146 Å². The van der Waals surface area contributed by atoms with Crippen LogP contribution in [0.15, 0.2) is 0 Å². The molecular formula is C17H24O8. The summed E-state index contributed by atoms with van der Waals surface area (Å²) in [7, 11) is 0. The topological polar surface area (TPSA) is 99.4 Å². The second-order valence-electron chi connectivity index (χ2n) is 7.03. The summed E-state index contributed by atoms with van der Waals surface area (Å²) in [6.07, 6.45) is 2.59. The van der Waals surface area contributed by atoms with Crippen molar-refractivity contribution in [1.29, 1.82) is 0 Å². The first-order valence-electron chi connectivity index (χ1n) is 9.00. The number of hydrogen-bond acceptors (Lipinski definition) is 8. The first kappa shape index (κ1) is 17.2. The summed E-state index contributed by atoms with van der Waals surface area (Å²) in [6.45, 7) is 3.81. The molecule has 0 spiro atoms. The van der Waals surface area contributed by atoms with Crippen LogP contribution in [-0.4, -0.2) is 76.0 Å². The molecule has 8 nitrogen and oxygen atoms in total. The average molecular weight is 356 g/mol. The first-order valence-corrected chi connectivity index (χ1v) is 9.00. The number of hydrogen-bond donors (Lipinski definition) is 0. The van der Waals surface area contributed by atoms with Crippen molar-refractivity contribution in [1.82, 2.24) is 0 Å². The Morgan fingerprint density at radius 2 is 1.24 bits per heavy atom. The van der Waals surface area contributed by atoms with Gasteiger partial charge in [-0.2, -0.15) is 0 Å². The highest BCUT2D eigenvalue weighted by Gasteiger charge is 2.53. The lowest BCUT2D eigenvalue weighted by Gasteiger charge is -2.26. The van der Waals surface area contributed by atoms with Crippen LogP contribution < -0.4 is 0 Å². The molecule has 1 aliphatic carbocycles. The largest absolute Gasteiger partial charge is 0.463 e. The smallest absolute Gasteiger partial charge is 0.310 e. The fourth-order valence-corrected chi connectivity index (χ4v) is 2.98. The molecule has 5 fully saturated rings. The third kappa shape index (κ3) is 4.91. The molecule has 4 heterocycles. The molecule has 0 N–H and O–H groups in total. The number of carbonyl (C=O) groups excluding carboxylic acids is 2. The van der Waals surface area contributed by atoms with E-state index >= 15 is 0 Å². The van der Waals surface area contributed by atoms with E-state index in [9.17, 15) is 9.59 Å². The SMILES string of the molecule is C1COC1.O=C(OCC1CO1)C1CC2OC2CC1C(=O)OCC1CO1. The van der Waals surface area contributed by atoms with Gasteiger partial charge in [0.05, 0.1) is 37.3 Å². The van der Waals surface area contributed by atoms with Crippen LogP contribution in [0.2, 0.25) is 0 Å². The van der Waals surface area contributed by atoms with Crippen LogP contribution in [0.1, 0.15) is 19.3 Å². The highest BCUT2D eigenvalue weighted by atomic mass is 16.6. The Hall–Kier alpha value is -1.22. The van der Waals surface area contributed by atoms with E-state index in [2.05, 4.69) is 0 Å². The second-order valence-corrected chi connectivity index (χ2v) is 7.03. The van der Waals surface area contributed by atoms with Crippen LogP contribution in [-0.2, 0) is 38.0 Å². The number of fused-ring (bicyclic) bond motifs is 1. The quantitative estimate of drug-likeness (QED) is 0.487. The Morgan fingerprint density at radius 3 is 1.56 bits per heavy atom. The molecule has 0 amide bonds. The van der Waals surface area contributed by atoms with Gasteiger partial charge in [-0.25, -0.2) is 0 Å². The molecule has 0 aromatic carbocycles. The van der Waals surface area contributed by atoms with Gasteiger partial charge in [-0.05, 0) is 19.3 Å². The number of esters is 2. The van der Waals surface area contributed by atoms with Crippen molar-refractivity contribution in [3.05, 3.63) is 0 Å². The second kappa shape index (κ2) is 7.57. The van der Waals surface area contributed by atoms with Gasteiger partial charge in [-0.1, -0.05) is 0 Å². The van der Waals surface area contributed by atoms with Crippen molar-refractivity contribution < 1.29 is 38.0 Å². The van der Waals surface area contributed by atoms with Gasteiger partial charge in [-0.15, -0.1) is 0 Å². The lowest BCUT2D eigenvalue weighted by Crippen LogP contribution is -2.38. The van der Waals surface area contributed by atoms with E-state index in [1.807, 2.05) is 0 Å². The molecule has 0 bridgehead atoms. The van der Waals surface area contributed by atoms with Crippen LogP contribution in [0.25, 0.3) is 0 Å². The van der Waals surface area contributed by atoms with E-state index in [1.54, 1.807) is 0 Å². The van der Waals surface area contributed by atoms with Crippen molar-refractivity contribution in [2.45, 2.75) is 43.7 Å². The van der Waals surface area contributed by atoms with Gasteiger partial charge < -0.3 is 28.4 Å².